The zero-order valence-electron chi connectivity index (χ0n) is 16.6. The van der Waals surface area contributed by atoms with E-state index in [0.29, 0.717) is 21.9 Å². The molecule has 0 aliphatic carbocycles. The van der Waals surface area contributed by atoms with E-state index in [4.69, 9.17) is 0 Å². The minimum absolute atomic E-state index is 0.129. The number of fused-ring (bicyclic) bond motifs is 1. The number of nitrogens with one attached hydrogen (secondary N) is 1. The summed E-state index contributed by atoms with van der Waals surface area (Å²) in [4.78, 5) is 34.2. The topological polar surface area (TPSA) is 76.9 Å². The van der Waals surface area contributed by atoms with Crippen molar-refractivity contribution in [2.75, 3.05) is 11.1 Å². The summed E-state index contributed by atoms with van der Waals surface area (Å²) < 4.78 is 1.69. The third-order valence-corrected chi connectivity index (χ3v) is 5.56. The summed E-state index contributed by atoms with van der Waals surface area (Å²) in [5.74, 6) is 0.247. The fourth-order valence-electron chi connectivity index (χ4n) is 3.09. The number of hydrogen-bond donors (Lipinski definition) is 1. The van der Waals surface area contributed by atoms with E-state index in [2.05, 4.69) is 15.3 Å². The van der Waals surface area contributed by atoms with Crippen LogP contribution in [-0.4, -0.2) is 32.0 Å². The number of benzene rings is 2. The maximum Gasteiger partial charge on any atom is 0.234 e. The summed E-state index contributed by atoms with van der Waals surface area (Å²) in [6, 6.07) is 16.9. The van der Waals surface area contributed by atoms with Crippen molar-refractivity contribution in [3.05, 3.63) is 83.9 Å². The summed E-state index contributed by atoms with van der Waals surface area (Å²) in [6.07, 6.45) is 3.34. The maximum atomic E-state index is 13.1. The summed E-state index contributed by atoms with van der Waals surface area (Å²) in [5.41, 5.74) is 3.12. The smallest absolute Gasteiger partial charge is 0.234 e. The number of amides is 1. The van der Waals surface area contributed by atoms with E-state index in [0.717, 1.165) is 16.6 Å². The molecule has 0 aliphatic heterocycles. The maximum absolute atomic E-state index is 13.1. The number of ketones is 1. The van der Waals surface area contributed by atoms with E-state index >= 15 is 0 Å². The fraction of sp³-hybridized carbons (Fsp3) is 0.130. The number of aryl methyl sites for hydroxylation is 2. The van der Waals surface area contributed by atoms with Gasteiger partial charge in [-0.1, -0.05) is 47.7 Å². The van der Waals surface area contributed by atoms with E-state index < -0.39 is 0 Å². The van der Waals surface area contributed by atoms with E-state index in [1.165, 1.54) is 11.8 Å². The van der Waals surface area contributed by atoms with Gasteiger partial charge in [-0.2, -0.15) is 0 Å². The van der Waals surface area contributed by atoms with Crippen LogP contribution >= 0.6 is 11.8 Å². The minimum Gasteiger partial charge on any atom is -0.331 e. The van der Waals surface area contributed by atoms with Gasteiger partial charge in [-0.25, -0.2) is 9.97 Å². The van der Waals surface area contributed by atoms with Crippen molar-refractivity contribution in [3.63, 3.8) is 0 Å². The van der Waals surface area contributed by atoms with Crippen molar-refractivity contribution < 1.29 is 9.59 Å². The van der Waals surface area contributed by atoms with Crippen molar-refractivity contribution in [2.45, 2.75) is 11.9 Å². The minimum atomic E-state index is -0.174. The molecule has 0 fully saturated rings. The standard InChI is InChI=1S/C23H20N4O2S/c1-15-7-9-16(10-8-15)25-20(28)14-30-21-13-18(17-5-3-4-6-19(17)26-21)22(29)23-24-11-12-27(23)2/h3-13H,14H2,1-2H3,(H,25,28). The zero-order chi connectivity index (χ0) is 21.1. The first-order valence-electron chi connectivity index (χ1n) is 9.42. The number of aromatic nitrogens is 3. The molecule has 0 atom stereocenters. The Kier molecular flexibility index (Phi) is 5.63. The molecule has 0 unspecified atom stereocenters. The third kappa shape index (κ3) is 4.26. The normalized spacial score (nSPS) is 10.9. The molecule has 0 radical (unpaired) electrons. The van der Waals surface area contributed by atoms with Gasteiger partial charge in [0.05, 0.1) is 16.3 Å². The molecule has 4 rings (SSSR count). The number of thioether (sulfide) groups is 1. The summed E-state index contributed by atoms with van der Waals surface area (Å²) in [7, 11) is 1.79. The van der Waals surface area contributed by atoms with Gasteiger partial charge in [-0.05, 0) is 31.2 Å². The molecule has 0 aliphatic rings. The number of carbonyl (C=O) groups is 2. The average molecular weight is 417 g/mol. The molecule has 0 saturated carbocycles. The molecule has 1 amide bonds. The Bertz CT molecular complexity index is 1230. The van der Waals surface area contributed by atoms with Gasteiger partial charge in [0.25, 0.3) is 0 Å². The molecular weight excluding hydrogens is 396 g/mol. The van der Waals surface area contributed by atoms with Crippen LogP contribution in [0, 0.1) is 6.92 Å². The Labute approximate surface area is 178 Å². The molecule has 4 aromatic rings. The Morgan fingerprint density at radius 1 is 1.10 bits per heavy atom. The highest BCUT2D eigenvalue weighted by Gasteiger charge is 2.19. The highest BCUT2D eigenvalue weighted by atomic mass is 32.2. The predicted octanol–water partition coefficient (Wildman–Crippen LogP) is 4.24. The van der Waals surface area contributed by atoms with Crippen LogP contribution in [0.15, 0.2) is 72.0 Å². The molecular formula is C23H20N4O2S. The van der Waals surface area contributed by atoms with Crippen LogP contribution in [0.3, 0.4) is 0 Å². The zero-order valence-corrected chi connectivity index (χ0v) is 17.4. The van der Waals surface area contributed by atoms with Gasteiger partial charge >= 0.3 is 0 Å². The molecule has 150 valence electrons. The first-order chi connectivity index (χ1) is 14.5. The van der Waals surface area contributed by atoms with Crippen molar-refractivity contribution in [2.24, 2.45) is 7.05 Å². The lowest BCUT2D eigenvalue weighted by Gasteiger charge is -2.09. The number of anilines is 1. The number of rotatable bonds is 6. The number of nitrogens with zero attached hydrogens (tertiary/aromatic N) is 3. The molecule has 0 saturated heterocycles. The quantitative estimate of drug-likeness (QED) is 0.376. The van der Waals surface area contributed by atoms with Gasteiger partial charge in [0.15, 0.2) is 5.82 Å². The molecule has 0 spiro atoms. The molecule has 2 aromatic carbocycles. The van der Waals surface area contributed by atoms with E-state index in [-0.39, 0.29) is 17.4 Å². The number of imidazole rings is 1. The van der Waals surface area contributed by atoms with Crippen LogP contribution < -0.4 is 5.32 Å². The molecule has 6 nitrogen and oxygen atoms in total. The highest BCUT2D eigenvalue weighted by Crippen LogP contribution is 2.26. The van der Waals surface area contributed by atoms with Gasteiger partial charge in [0.1, 0.15) is 0 Å². The van der Waals surface area contributed by atoms with Crippen molar-refractivity contribution in [1.82, 2.24) is 14.5 Å². The molecule has 30 heavy (non-hydrogen) atoms. The number of pyridine rings is 1. The lowest BCUT2D eigenvalue weighted by molar-refractivity contribution is -0.113. The van der Waals surface area contributed by atoms with Gasteiger partial charge < -0.3 is 9.88 Å². The van der Waals surface area contributed by atoms with E-state index in [1.807, 2.05) is 55.5 Å². The molecule has 0 bridgehead atoms. The van der Waals surface area contributed by atoms with Crippen molar-refractivity contribution in [1.29, 1.82) is 0 Å². The molecule has 2 aromatic heterocycles. The Morgan fingerprint density at radius 2 is 1.87 bits per heavy atom. The lowest BCUT2D eigenvalue weighted by Crippen LogP contribution is -2.14. The highest BCUT2D eigenvalue weighted by molar-refractivity contribution is 7.99. The van der Waals surface area contributed by atoms with E-state index in [9.17, 15) is 9.59 Å². The van der Waals surface area contributed by atoms with Gasteiger partial charge in [0, 0.05) is 36.1 Å². The largest absolute Gasteiger partial charge is 0.331 e. The van der Waals surface area contributed by atoms with Crippen LogP contribution in [0.2, 0.25) is 0 Å². The predicted molar refractivity (Wildman–Crippen MR) is 119 cm³/mol. The van der Waals surface area contributed by atoms with Crippen LogP contribution in [0.1, 0.15) is 21.7 Å². The Morgan fingerprint density at radius 3 is 2.60 bits per heavy atom. The third-order valence-electron chi connectivity index (χ3n) is 4.65. The molecule has 2 heterocycles. The van der Waals surface area contributed by atoms with E-state index in [1.54, 1.807) is 30.1 Å². The molecule has 1 N–H and O–H groups in total. The lowest BCUT2D eigenvalue weighted by atomic mass is 10.1. The summed E-state index contributed by atoms with van der Waals surface area (Å²) in [6.45, 7) is 2.00. The second kappa shape index (κ2) is 8.51. The summed E-state index contributed by atoms with van der Waals surface area (Å²) >= 11 is 1.30. The number of para-hydroxylation sites is 1. The SMILES string of the molecule is Cc1ccc(NC(=O)CSc2cc(C(=O)c3nccn3C)c3ccccc3n2)cc1. The van der Waals surface area contributed by atoms with Crippen LogP contribution in [0.25, 0.3) is 10.9 Å². The van der Waals surface area contributed by atoms with Crippen molar-refractivity contribution in [3.8, 4) is 0 Å². The first-order valence-corrected chi connectivity index (χ1v) is 10.4. The van der Waals surface area contributed by atoms with Gasteiger partial charge in [-0.3, -0.25) is 9.59 Å². The number of hydrogen-bond acceptors (Lipinski definition) is 5. The second-order valence-corrected chi connectivity index (χ2v) is 7.91. The monoisotopic (exact) mass is 416 g/mol. The number of carbonyl (C=O) groups excluding carboxylic acids is 2. The summed E-state index contributed by atoms with van der Waals surface area (Å²) in [5, 5.41) is 4.25. The van der Waals surface area contributed by atoms with Crippen LogP contribution in [-0.2, 0) is 11.8 Å². The van der Waals surface area contributed by atoms with Crippen LogP contribution in [0.5, 0.6) is 0 Å². The van der Waals surface area contributed by atoms with Crippen molar-refractivity contribution >= 4 is 40.0 Å². The second-order valence-electron chi connectivity index (χ2n) is 6.92. The van der Waals surface area contributed by atoms with Crippen LogP contribution in [0.4, 0.5) is 5.69 Å². The Hall–Kier alpha value is -3.45. The first kappa shape index (κ1) is 19.8. The molecule has 7 heteroatoms. The van der Waals surface area contributed by atoms with Gasteiger partial charge in [0.2, 0.25) is 11.7 Å². The fourth-order valence-corrected chi connectivity index (χ4v) is 3.81. The Balaban J connectivity index is 1.57. The van der Waals surface area contributed by atoms with Gasteiger partial charge in [-0.15, -0.1) is 0 Å². The average Bonchev–Trinajstić information content (AvgIpc) is 3.18.